The molecule has 1 aromatic heterocycles. The van der Waals surface area contributed by atoms with Crippen molar-refractivity contribution in [3.8, 4) is 66.8 Å². The molecule has 0 unspecified atom stereocenters. The van der Waals surface area contributed by atoms with Gasteiger partial charge >= 0.3 is 0 Å². The first-order valence-corrected chi connectivity index (χ1v) is 35.8. The van der Waals surface area contributed by atoms with Gasteiger partial charge in [-0.2, -0.15) is 0 Å². The lowest BCUT2D eigenvalue weighted by Crippen LogP contribution is -2.61. The largest absolute Gasteiger partial charge is 0.311 e. The van der Waals surface area contributed by atoms with Crippen molar-refractivity contribution in [3.05, 3.63) is 394 Å². The fourth-order valence-electron chi connectivity index (χ4n) is 15.8. The van der Waals surface area contributed by atoms with Crippen molar-refractivity contribution in [1.82, 2.24) is 0 Å². The summed E-state index contributed by atoms with van der Waals surface area (Å²) >= 11 is 1.90. The predicted molar refractivity (Wildman–Crippen MR) is 435 cm³/mol. The molecule has 478 valence electrons. The highest BCUT2D eigenvalue weighted by atomic mass is 32.1. The second-order valence-electron chi connectivity index (χ2n) is 26.3. The van der Waals surface area contributed by atoms with Gasteiger partial charge in [0.2, 0.25) is 0 Å². The molecular formula is C96H65BN4S. The summed E-state index contributed by atoms with van der Waals surface area (Å²) < 4.78 is 2.45. The third-order valence-electron chi connectivity index (χ3n) is 20.4. The van der Waals surface area contributed by atoms with Crippen molar-refractivity contribution in [2.75, 3.05) is 19.6 Å². The molecule has 0 bridgehead atoms. The second-order valence-corrected chi connectivity index (χ2v) is 27.3. The van der Waals surface area contributed by atoms with Crippen LogP contribution in [0.15, 0.2) is 394 Å². The third kappa shape index (κ3) is 10.5. The number of hydrogen-bond acceptors (Lipinski definition) is 5. The highest BCUT2D eigenvalue weighted by Gasteiger charge is 2.47. The Balaban J connectivity index is 1.04. The summed E-state index contributed by atoms with van der Waals surface area (Å²) in [4.78, 5) is 10.4. The highest BCUT2D eigenvalue weighted by Crippen LogP contribution is 2.57. The topological polar surface area (TPSA) is 13.0 Å². The van der Waals surface area contributed by atoms with Crippen LogP contribution in [-0.4, -0.2) is 6.71 Å². The lowest BCUT2D eigenvalue weighted by molar-refractivity contribution is 1.25. The van der Waals surface area contributed by atoms with Gasteiger partial charge in [0.05, 0.1) is 33.1 Å². The van der Waals surface area contributed by atoms with Crippen LogP contribution < -0.4 is 36.0 Å². The summed E-state index contributed by atoms with van der Waals surface area (Å²) in [7, 11) is 0. The number of hydrogen-bond donors (Lipinski definition) is 0. The molecule has 3 heterocycles. The second kappa shape index (κ2) is 25.7. The van der Waals surface area contributed by atoms with Crippen molar-refractivity contribution in [1.29, 1.82) is 0 Å². The summed E-state index contributed by atoms with van der Waals surface area (Å²) in [6, 6.07) is 146. The first-order chi connectivity index (χ1) is 50.6. The molecule has 2 aliphatic heterocycles. The molecule has 17 aromatic rings. The SMILES string of the molecule is c1ccc(-c2ccc(-c3ccccc3)c(N3c4cc(-c5ccccc5)c(N(c5ccccc5)c5ccccc5)cc4B4c5cc(N(c6ccccc6)c6ccccc6)c(-c6ccccc6)cc5N(c5cc(-c6ccccc6)ccc5-c5ccccc5)c5c4c3cc3c5sc4ccccc43)c2)cc1. The summed E-state index contributed by atoms with van der Waals surface area (Å²) in [5.74, 6) is 0. The molecular weight excluding hydrogens is 1250 g/mol. The average Bonchev–Trinajstić information content (AvgIpc) is 1.06. The molecule has 0 aliphatic carbocycles. The average molecular weight is 1320 g/mol. The number of thiophene rings is 1. The molecule has 0 saturated carbocycles. The van der Waals surface area contributed by atoms with Crippen molar-refractivity contribution >= 4 is 123 Å². The third-order valence-corrected chi connectivity index (χ3v) is 21.6. The molecule has 0 atom stereocenters. The first-order valence-electron chi connectivity index (χ1n) is 35.0. The van der Waals surface area contributed by atoms with Crippen molar-refractivity contribution in [2.45, 2.75) is 0 Å². The molecule has 4 nitrogen and oxygen atoms in total. The summed E-state index contributed by atoms with van der Waals surface area (Å²) in [6.07, 6.45) is 0. The lowest BCUT2D eigenvalue weighted by atomic mass is 9.33. The number of nitrogens with zero attached hydrogens (tertiary/aromatic N) is 4. The molecule has 0 fully saturated rings. The normalized spacial score (nSPS) is 12.1. The van der Waals surface area contributed by atoms with Gasteiger partial charge in [-0.3, -0.25) is 0 Å². The zero-order valence-electron chi connectivity index (χ0n) is 55.8. The van der Waals surface area contributed by atoms with E-state index in [4.69, 9.17) is 0 Å². The quantitative estimate of drug-likeness (QED) is 0.101. The number of benzene rings is 16. The van der Waals surface area contributed by atoms with Crippen LogP contribution >= 0.6 is 11.3 Å². The summed E-state index contributed by atoms with van der Waals surface area (Å²) in [6.45, 7) is -0.383. The van der Waals surface area contributed by atoms with Crippen molar-refractivity contribution < 1.29 is 0 Å². The van der Waals surface area contributed by atoms with Gasteiger partial charge in [-0.05, 0) is 158 Å². The molecule has 0 spiro atoms. The lowest BCUT2D eigenvalue weighted by Gasteiger charge is -2.46. The Morgan fingerprint density at radius 3 is 0.971 bits per heavy atom. The van der Waals surface area contributed by atoms with E-state index in [2.05, 4.69) is 414 Å². The van der Waals surface area contributed by atoms with E-state index in [1.54, 1.807) is 0 Å². The summed E-state index contributed by atoms with van der Waals surface area (Å²) in [5.41, 5.74) is 30.0. The molecule has 16 aromatic carbocycles. The van der Waals surface area contributed by atoms with E-state index in [1.807, 2.05) is 11.3 Å². The molecule has 102 heavy (non-hydrogen) atoms. The maximum Gasteiger partial charge on any atom is 0.252 e. The maximum absolute atomic E-state index is 2.71. The molecule has 0 amide bonds. The van der Waals surface area contributed by atoms with E-state index in [1.165, 1.54) is 36.6 Å². The standard InChI is InChI=1S/C96H65BN4S/c1-11-33-66(34-12-1)72-55-57-78(68-37-15-3-16-38-68)86(59-72)100-90-61-81(70-41-19-5-20-42-70)88(98(74-45-23-7-24-46-74)75-47-25-8-26-48-75)64-84(90)97-85-65-89(99(76-49-27-9-28-50-76)77-51-29-10-30-52-77)82(71-43-21-6-22-44-71)62-91(85)101(95-94(97)92(100)63-83-80-53-31-32-54-93(80)102-96(83)95)87-60-73(67-35-13-2-14-36-67)56-58-79(87)69-39-17-4-18-40-69/h1-65H. The molecule has 0 radical (unpaired) electrons. The molecule has 0 N–H and O–H groups in total. The zero-order chi connectivity index (χ0) is 67.5. The van der Waals surface area contributed by atoms with Crippen LogP contribution in [0.2, 0.25) is 0 Å². The number of rotatable bonds is 14. The van der Waals surface area contributed by atoms with Gasteiger partial charge in [-0.25, -0.2) is 0 Å². The Morgan fingerprint density at radius 1 is 0.235 bits per heavy atom. The van der Waals surface area contributed by atoms with E-state index in [0.29, 0.717) is 0 Å². The van der Waals surface area contributed by atoms with Gasteiger partial charge in [-0.15, -0.1) is 11.3 Å². The van der Waals surface area contributed by atoms with Crippen LogP contribution in [0.1, 0.15) is 0 Å². The molecule has 0 saturated heterocycles. The van der Waals surface area contributed by atoms with Crippen molar-refractivity contribution in [2.24, 2.45) is 0 Å². The molecule has 2 aliphatic rings. The van der Waals surface area contributed by atoms with Gasteiger partial charge < -0.3 is 19.6 Å². The van der Waals surface area contributed by atoms with Crippen LogP contribution in [0.25, 0.3) is 86.9 Å². The van der Waals surface area contributed by atoms with Gasteiger partial charge in [-0.1, -0.05) is 297 Å². The minimum atomic E-state index is -0.383. The van der Waals surface area contributed by atoms with E-state index < -0.39 is 0 Å². The van der Waals surface area contributed by atoms with Gasteiger partial charge in [0.15, 0.2) is 0 Å². The van der Waals surface area contributed by atoms with E-state index in [0.717, 1.165) is 135 Å². The van der Waals surface area contributed by atoms with Gasteiger partial charge in [0.25, 0.3) is 6.71 Å². The fourth-order valence-corrected chi connectivity index (χ4v) is 17.0. The minimum absolute atomic E-state index is 0.383. The fraction of sp³-hybridized carbons (Fsp3) is 0. The number of anilines is 12. The maximum atomic E-state index is 2.71. The van der Waals surface area contributed by atoms with Crippen LogP contribution in [0.4, 0.5) is 68.2 Å². The van der Waals surface area contributed by atoms with Crippen molar-refractivity contribution in [3.63, 3.8) is 0 Å². The van der Waals surface area contributed by atoms with Crippen LogP contribution in [0.3, 0.4) is 0 Å². The monoisotopic (exact) mass is 1320 g/mol. The molecule has 6 heteroatoms. The Labute approximate surface area is 599 Å². The molecule has 19 rings (SSSR count). The van der Waals surface area contributed by atoms with Gasteiger partial charge in [0.1, 0.15) is 0 Å². The van der Waals surface area contributed by atoms with Crippen LogP contribution in [-0.2, 0) is 0 Å². The zero-order valence-corrected chi connectivity index (χ0v) is 56.6. The smallest absolute Gasteiger partial charge is 0.252 e. The number of fused-ring (bicyclic) bond motifs is 8. The highest BCUT2D eigenvalue weighted by molar-refractivity contribution is 7.26. The Kier molecular flexibility index (Phi) is 15.2. The predicted octanol–water partition coefficient (Wildman–Crippen LogP) is 25.1. The van der Waals surface area contributed by atoms with Crippen LogP contribution in [0, 0.1) is 0 Å². The Hall–Kier alpha value is -13.0. The van der Waals surface area contributed by atoms with Crippen LogP contribution in [0.5, 0.6) is 0 Å². The Bertz CT molecular complexity index is 5750. The van der Waals surface area contributed by atoms with E-state index in [9.17, 15) is 0 Å². The number of para-hydroxylation sites is 4. The first kappa shape index (κ1) is 60.2. The summed E-state index contributed by atoms with van der Waals surface area (Å²) in [5, 5.41) is 2.42. The van der Waals surface area contributed by atoms with Gasteiger partial charge in [0, 0.05) is 77.5 Å². The van der Waals surface area contributed by atoms with E-state index in [-0.39, 0.29) is 6.71 Å². The Morgan fingerprint density at radius 2 is 0.569 bits per heavy atom. The van der Waals surface area contributed by atoms with E-state index >= 15 is 0 Å². The minimum Gasteiger partial charge on any atom is -0.311 e.